The maximum atomic E-state index is 6.04. The van der Waals surface area contributed by atoms with Gasteiger partial charge in [0.05, 0.1) is 0 Å². The predicted molar refractivity (Wildman–Crippen MR) is 82.7 cm³/mol. The molecule has 0 radical (unpaired) electrons. The third-order valence-corrected chi connectivity index (χ3v) is 4.34. The summed E-state index contributed by atoms with van der Waals surface area (Å²) in [6.07, 6.45) is 7.61. The summed E-state index contributed by atoms with van der Waals surface area (Å²) in [5.74, 6) is 2.49. The lowest BCUT2D eigenvalue weighted by Crippen LogP contribution is -2.25. The minimum absolute atomic E-state index is 0.265. The number of hydrogen-bond acceptors (Lipinski definition) is 3. The minimum Gasteiger partial charge on any atom is -0.330 e. The van der Waals surface area contributed by atoms with Crippen LogP contribution in [0.2, 0.25) is 0 Å². The van der Waals surface area contributed by atoms with Crippen molar-refractivity contribution in [2.75, 3.05) is 6.54 Å². The van der Waals surface area contributed by atoms with Gasteiger partial charge in [0.1, 0.15) is 11.6 Å². The SMILES string of the molecule is Cc1nnc(C(CN)CC(C)(C)C)n1C1CCCCC1. The van der Waals surface area contributed by atoms with Crippen LogP contribution in [0.15, 0.2) is 0 Å². The van der Waals surface area contributed by atoms with Crippen LogP contribution < -0.4 is 5.73 Å². The maximum Gasteiger partial charge on any atom is 0.137 e. The number of rotatable bonds is 4. The summed E-state index contributed by atoms with van der Waals surface area (Å²) in [5, 5.41) is 8.83. The average molecular weight is 278 g/mol. The molecule has 0 aromatic carbocycles. The molecule has 1 fully saturated rings. The Hall–Kier alpha value is -0.900. The van der Waals surface area contributed by atoms with Crippen LogP contribution in [0.25, 0.3) is 0 Å². The molecule has 0 spiro atoms. The molecule has 4 nitrogen and oxygen atoms in total. The van der Waals surface area contributed by atoms with Gasteiger partial charge in [0.25, 0.3) is 0 Å². The number of nitrogens with two attached hydrogens (primary N) is 1. The second kappa shape index (κ2) is 6.25. The molecule has 1 aliphatic carbocycles. The van der Waals surface area contributed by atoms with Gasteiger partial charge >= 0.3 is 0 Å². The van der Waals surface area contributed by atoms with Crippen LogP contribution in [0.3, 0.4) is 0 Å². The molecule has 0 amide bonds. The third kappa shape index (κ3) is 3.60. The molecule has 1 aromatic rings. The lowest BCUT2D eigenvalue weighted by Gasteiger charge is -2.29. The van der Waals surface area contributed by atoms with Gasteiger partial charge < -0.3 is 10.3 Å². The summed E-state index contributed by atoms with van der Waals surface area (Å²) in [5.41, 5.74) is 6.30. The lowest BCUT2D eigenvalue weighted by atomic mass is 9.84. The van der Waals surface area contributed by atoms with Crippen LogP contribution in [0.1, 0.15) is 82.9 Å². The van der Waals surface area contributed by atoms with E-state index in [1.165, 1.54) is 32.1 Å². The lowest BCUT2D eigenvalue weighted by molar-refractivity contribution is 0.305. The summed E-state index contributed by atoms with van der Waals surface area (Å²) in [6, 6.07) is 0.586. The smallest absolute Gasteiger partial charge is 0.137 e. The fourth-order valence-electron chi connectivity index (χ4n) is 3.47. The predicted octanol–water partition coefficient (Wildman–Crippen LogP) is 3.57. The van der Waals surface area contributed by atoms with Gasteiger partial charge in [0.2, 0.25) is 0 Å². The highest BCUT2D eigenvalue weighted by atomic mass is 15.3. The normalized spacial score (nSPS) is 19.2. The van der Waals surface area contributed by atoms with Crippen LogP contribution in [0, 0.1) is 12.3 Å². The first-order valence-electron chi connectivity index (χ1n) is 8.04. The number of nitrogens with zero attached hydrogens (tertiary/aromatic N) is 3. The van der Waals surface area contributed by atoms with Crippen molar-refractivity contribution in [1.29, 1.82) is 0 Å². The standard InChI is InChI=1S/C16H30N4/c1-12-18-19-15(13(11-17)10-16(2,3)4)20(12)14-8-6-5-7-9-14/h13-14H,5-11,17H2,1-4H3. The Balaban J connectivity index is 2.26. The number of aryl methyl sites for hydroxylation is 1. The molecular weight excluding hydrogens is 248 g/mol. The Kier molecular flexibility index (Phi) is 4.84. The van der Waals surface area contributed by atoms with Crippen LogP contribution >= 0.6 is 0 Å². The third-order valence-electron chi connectivity index (χ3n) is 4.34. The van der Waals surface area contributed by atoms with E-state index < -0.39 is 0 Å². The topological polar surface area (TPSA) is 56.7 Å². The van der Waals surface area contributed by atoms with E-state index in [-0.39, 0.29) is 5.41 Å². The Labute approximate surface area is 123 Å². The molecule has 20 heavy (non-hydrogen) atoms. The van der Waals surface area contributed by atoms with E-state index in [1.54, 1.807) is 0 Å². The molecule has 0 aliphatic heterocycles. The first-order valence-corrected chi connectivity index (χ1v) is 8.04. The van der Waals surface area contributed by atoms with E-state index in [4.69, 9.17) is 5.73 Å². The molecule has 1 saturated carbocycles. The van der Waals surface area contributed by atoms with Gasteiger partial charge in [0, 0.05) is 18.5 Å². The number of aromatic nitrogens is 3. The fraction of sp³-hybridized carbons (Fsp3) is 0.875. The van der Waals surface area contributed by atoms with Crippen LogP contribution in [-0.4, -0.2) is 21.3 Å². The van der Waals surface area contributed by atoms with Gasteiger partial charge in [-0.25, -0.2) is 0 Å². The van der Waals surface area contributed by atoms with Crippen LogP contribution in [0.5, 0.6) is 0 Å². The molecule has 1 aliphatic rings. The maximum absolute atomic E-state index is 6.04. The molecule has 114 valence electrons. The van der Waals surface area contributed by atoms with Gasteiger partial charge in [-0.15, -0.1) is 10.2 Å². The van der Waals surface area contributed by atoms with Crippen molar-refractivity contribution < 1.29 is 0 Å². The second-order valence-corrected chi connectivity index (χ2v) is 7.46. The van der Waals surface area contributed by atoms with E-state index in [1.807, 2.05) is 0 Å². The highest BCUT2D eigenvalue weighted by Crippen LogP contribution is 2.35. The summed E-state index contributed by atoms with van der Waals surface area (Å²) >= 11 is 0. The minimum atomic E-state index is 0.265. The Morgan fingerprint density at radius 2 is 1.85 bits per heavy atom. The molecule has 2 N–H and O–H groups in total. The average Bonchev–Trinajstić information content (AvgIpc) is 2.78. The molecule has 1 unspecified atom stereocenters. The highest BCUT2D eigenvalue weighted by molar-refractivity contribution is 5.05. The Morgan fingerprint density at radius 3 is 2.40 bits per heavy atom. The molecule has 0 saturated heterocycles. The van der Waals surface area contributed by atoms with Crippen molar-refractivity contribution in [1.82, 2.24) is 14.8 Å². The molecule has 1 atom stereocenters. The first kappa shape index (κ1) is 15.5. The van der Waals surface area contributed by atoms with Crippen molar-refractivity contribution in [3.05, 3.63) is 11.6 Å². The Morgan fingerprint density at radius 1 is 1.20 bits per heavy atom. The van der Waals surface area contributed by atoms with Crippen molar-refractivity contribution in [3.8, 4) is 0 Å². The van der Waals surface area contributed by atoms with E-state index in [0.717, 1.165) is 18.1 Å². The van der Waals surface area contributed by atoms with E-state index in [9.17, 15) is 0 Å². The van der Waals surface area contributed by atoms with Crippen molar-refractivity contribution in [2.45, 2.75) is 78.2 Å². The summed E-state index contributed by atoms with van der Waals surface area (Å²) in [6.45, 7) is 9.54. The summed E-state index contributed by atoms with van der Waals surface area (Å²) in [7, 11) is 0. The molecule has 0 bridgehead atoms. The monoisotopic (exact) mass is 278 g/mol. The van der Waals surface area contributed by atoms with Gasteiger partial charge in [-0.2, -0.15) is 0 Å². The van der Waals surface area contributed by atoms with Gasteiger partial charge in [-0.05, 0) is 31.6 Å². The quantitative estimate of drug-likeness (QED) is 0.916. The van der Waals surface area contributed by atoms with Crippen LogP contribution in [0.4, 0.5) is 0 Å². The summed E-state index contributed by atoms with van der Waals surface area (Å²) < 4.78 is 2.39. The number of hydrogen-bond donors (Lipinski definition) is 1. The zero-order valence-electron chi connectivity index (χ0n) is 13.5. The summed E-state index contributed by atoms with van der Waals surface area (Å²) in [4.78, 5) is 0. The van der Waals surface area contributed by atoms with Gasteiger partial charge in [-0.3, -0.25) is 0 Å². The highest BCUT2D eigenvalue weighted by Gasteiger charge is 2.27. The van der Waals surface area contributed by atoms with Crippen LogP contribution in [-0.2, 0) is 0 Å². The molecule has 1 heterocycles. The van der Waals surface area contributed by atoms with Gasteiger partial charge in [0.15, 0.2) is 0 Å². The fourth-order valence-corrected chi connectivity index (χ4v) is 3.47. The second-order valence-electron chi connectivity index (χ2n) is 7.46. The largest absolute Gasteiger partial charge is 0.330 e. The van der Waals surface area contributed by atoms with E-state index in [0.29, 0.717) is 18.5 Å². The van der Waals surface area contributed by atoms with E-state index >= 15 is 0 Å². The van der Waals surface area contributed by atoms with Crippen molar-refractivity contribution >= 4 is 0 Å². The molecule has 2 rings (SSSR count). The zero-order valence-corrected chi connectivity index (χ0v) is 13.5. The van der Waals surface area contributed by atoms with E-state index in [2.05, 4.69) is 42.5 Å². The first-order chi connectivity index (χ1) is 9.42. The zero-order chi connectivity index (χ0) is 14.8. The molecule has 1 aromatic heterocycles. The molecule has 4 heteroatoms. The van der Waals surface area contributed by atoms with Crippen molar-refractivity contribution in [2.24, 2.45) is 11.1 Å². The molecular formula is C16H30N4. The van der Waals surface area contributed by atoms with Gasteiger partial charge in [-0.1, -0.05) is 40.0 Å². The van der Waals surface area contributed by atoms with Crippen molar-refractivity contribution in [3.63, 3.8) is 0 Å². The Bertz CT molecular complexity index is 424.